The summed E-state index contributed by atoms with van der Waals surface area (Å²) in [6.07, 6.45) is -8.24. The lowest BCUT2D eigenvalue weighted by Gasteiger charge is -2.28. The quantitative estimate of drug-likeness (QED) is 0.281. The first-order valence-corrected chi connectivity index (χ1v) is 12.5. The lowest BCUT2D eigenvalue weighted by Crippen LogP contribution is -2.40. The maximum Gasteiger partial charge on any atom is 0.414 e. The number of rotatable bonds is 11. The molecule has 2 unspecified atom stereocenters. The highest BCUT2D eigenvalue weighted by molar-refractivity contribution is 6.02. The van der Waals surface area contributed by atoms with Crippen LogP contribution in [0.25, 0.3) is 0 Å². The van der Waals surface area contributed by atoms with Crippen LogP contribution in [0.5, 0.6) is 0 Å². The van der Waals surface area contributed by atoms with Crippen LogP contribution in [0.2, 0.25) is 0 Å². The fourth-order valence-electron chi connectivity index (χ4n) is 4.47. The van der Waals surface area contributed by atoms with Gasteiger partial charge in [0, 0.05) is 11.8 Å². The van der Waals surface area contributed by atoms with E-state index >= 15 is 0 Å². The molecule has 0 saturated carbocycles. The zero-order valence-corrected chi connectivity index (χ0v) is 21.7. The van der Waals surface area contributed by atoms with Gasteiger partial charge in [0.25, 0.3) is 0 Å². The van der Waals surface area contributed by atoms with Crippen LogP contribution in [0.3, 0.4) is 0 Å². The highest BCUT2D eigenvalue weighted by Gasteiger charge is 2.49. The number of alkyl halides is 3. The Labute approximate surface area is 220 Å². The van der Waals surface area contributed by atoms with E-state index in [9.17, 15) is 27.6 Å². The molecule has 4 atom stereocenters. The molecule has 1 heterocycles. The van der Waals surface area contributed by atoms with E-state index in [0.717, 1.165) is 5.56 Å². The maximum absolute atomic E-state index is 14.0. The second kappa shape index (κ2) is 12.6. The number of carbonyl (C=O) groups excluding carboxylic acids is 3. The van der Waals surface area contributed by atoms with E-state index in [1.165, 1.54) is 0 Å². The van der Waals surface area contributed by atoms with Crippen LogP contribution < -0.4 is 0 Å². The highest BCUT2D eigenvalue weighted by atomic mass is 19.4. The van der Waals surface area contributed by atoms with Gasteiger partial charge in [-0.1, -0.05) is 60.7 Å². The summed E-state index contributed by atoms with van der Waals surface area (Å²) in [5.74, 6) is -5.69. The second-order valence-electron chi connectivity index (χ2n) is 10.5. The fourth-order valence-corrected chi connectivity index (χ4v) is 4.47. The molecule has 1 fully saturated rings. The molecule has 0 spiro atoms. The van der Waals surface area contributed by atoms with E-state index < -0.39 is 66.2 Å². The van der Waals surface area contributed by atoms with Crippen LogP contribution in [0, 0.1) is 17.8 Å². The average molecular weight is 535 g/mol. The van der Waals surface area contributed by atoms with Gasteiger partial charge < -0.3 is 14.2 Å². The van der Waals surface area contributed by atoms with Crippen LogP contribution in [0.4, 0.5) is 13.2 Å². The molecule has 38 heavy (non-hydrogen) atoms. The minimum Gasteiger partial charge on any atom is -0.465 e. The monoisotopic (exact) mass is 534 g/mol. The first-order chi connectivity index (χ1) is 17.8. The largest absolute Gasteiger partial charge is 0.465 e. The van der Waals surface area contributed by atoms with Gasteiger partial charge in [-0.2, -0.15) is 13.2 Å². The van der Waals surface area contributed by atoms with E-state index in [-0.39, 0.29) is 13.2 Å². The number of ketones is 1. The Balaban J connectivity index is 1.84. The molecule has 2 aromatic carbocycles. The molecule has 0 aliphatic carbocycles. The number of Topliss-reactive ketones (excluding diaryl/α,β-unsaturated/α-hetero) is 1. The Hall–Kier alpha value is -3.20. The van der Waals surface area contributed by atoms with Crippen molar-refractivity contribution >= 4 is 17.7 Å². The fraction of sp³-hybridized carbons (Fsp3) is 0.483. The molecule has 0 aromatic heterocycles. The van der Waals surface area contributed by atoms with Crippen LogP contribution in [0.1, 0.15) is 44.7 Å². The Morgan fingerprint density at radius 1 is 0.974 bits per heavy atom. The summed E-state index contributed by atoms with van der Waals surface area (Å²) in [7, 11) is 0. The van der Waals surface area contributed by atoms with Gasteiger partial charge in [0.1, 0.15) is 11.5 Å². The van der Waals surface area contributed by atoms with Gasteiger partial charge in [-0.15, -0.1) is 0 Å². The third-order valence-electron chi connectivity index (χ3n) is 6.21. The number of hydrogen-bond donors (Lipinski definition) is 0. The Morgan fingerprint density at radius 2 is 1.55 bits per heavy atom. The zero-order valence-electron chi connectivity index (χ0n) is 21.7. The predicted molar refractivity (Wildman–Crippen MR) is 133 cm³/mol. The lowest BCUT2D eigenvalue weighted by atomic mass is 9.79. The molecule has 0 radical (unpaired) electrons. The van der Waals surface area contributed by atoms with Crippen LogP contribution >= 0.6 is 0 Å². The third kappa shape index (κ3) is 8.68. The Bertz CT molecular complexity index is 1080. The van der Waals surface area contributed by atoms with Crippen molar-refractivity contribution in [3.05, 3.63) is 71.8 Å². The minimum absolute atomic E-state index is 0.0313. The molecule has 1 saturated heterocycles. The molecule has 0 N–H and O–H groups in total. The summed E-state index contributed by atoms with van der Waals surface area (Å²) in [6, 6.07) is 17.4. The maximum atomic E-state index is 14.0. The number of ether oxygens (including phenoxy) is 3. The third-order valence-corrected chi connectivity index (χ3v) is 6.21. The van der Waals surface area contributed by atoms with Crippen molar-refractivity contribution in [2.45, 2.75) is 64.5 Å². The number of halogens is 3. The van der Waals surface area contributed by atoms with E-state index in [4.69, 9.17) is 14.2 Å². The first-order valence-electron chi connectivity index (χ1n) is 12.5. The smallest absolute Gasteiger partial charge is 0.414 e. The highest BCUT2D eigenvalue weighted by Crippen LogP contribution is 2.35. The molecular formula is C29H33F3O6. The molecule has 6 nitrogen and oxygen atoms in total. The van der Waals surface area contributed by atoms with Crippen molar-refractivity contribution < 1.29 is 41.8 Å². The normalized spacial score (nSPS) is 19.5. The molecule has 0 bridgehead atoms. The van der Waals surface area contributed by atoms with Gasteiger partial charge in [0.2, 0.25) is 0 Å². The molecule has 206 valence electrons. The van der Waals surface area contributed by atoms with Crippen molar-refractivity contribution in [1.82, 2.24) is 0 Å². The summed E-state index contributed by atoms with van der Waals surface area (Å²) in [4.78, 5) is 38.9. The molecule has 0 amide bonds. The van der Waals surface area contributed by atoms with Gasteiger partial charge >= 0.3 is 18.1 Å². The summed E-state index contributed by atoms with van der Waals surface area (Å²) < 4.78 is 57.8. The molecule has 1 aliphatic rings. The van der Waals surface area contributed by atoms with Crippen LogP contribution in [-0.2, 0) is 41.6 Å². The molecule has 2 aromatic rings. The summed E-state index contributed by atoms with van der Waals surface area (Å²) in [5.41, 5.74) is 0.482. The zero-order chi connectivity index (χ0) is 27.9. The van der Waals surface area contributed by atoms with E-state index in [0.29, 0.717) is 12.0 Å². The van der Waals surface area contributed by atoms with Crippen molar-refractivity contribution in [2.24, 2.45) is 17.8 Å². The van der Waals surface area contributed by atoms with Crippen molar-refractivity contribution in [2.75, 3.05) is 6.61 Å². The molecule has 9 heteroatoms. The Kier molecular flexibility index (Phi) is 9.71. The molecule has 1 aliphatic heterocycles. The van der Waals surface area contributed by atoms with E-state index in [1.807, 2.05) is 30.3 Å². The van der Waals surface area contributed by atoms with Gasteiger partial charge in [0.15, 0.2) is 11.9 Å². The summed E-state index contributed by atoms with van der Waals surface area (Å²) in [5, 5.41) is 0. The minimum atomic E-state index is -4.80. The topological polar surface area (TPSA) is 78.9 Å². The van der Waals surface area contributed by atoms with Crippen LogP contribution in [-0.4, -0.2) is 42.2 Å². The Morgan fingerprint density at radius 3 is 2.11 bits per heavy atom. The number of hydrogen-bond acceptors (Lipinski definition) is 6. The average Bonchev–Trinajstić information content (AvgIpc) is 3.19. The number of carbonyl (C=O) groups is 3. The second-order valence-corrected chi connectivity index (χ2v) is 10.5. The van der Waals surface area contributed by atoms with E-state index in [1.54, 1.807) is 51.1 Å². The molecular weight excluding hydrogens is 501 g/mol. The standard InChI is InChI=1S/C29H33F3O6/c1-28(2,3)38-24(33)16-21(15-23(29(30,31)32)36-17-20-12-8-5-9-13-20)26(34)25-22(18-37-27(25)35)14-19-10-6-4-7-11-19/h4-13,21-23,25H,14-18H2,1-3H3/t21-,22+,23?,25?/m0/s1. The van der Waals surface area contributed by atoms with Crippen molar-refractivity contribution in [1.29, 1.82) is 0 Å². The van der Waals surface area contributed by atoms with Gasteiger partial charge in [-0.25, -0.2) is 0 Å². The summed E-state index contributed by atoms with van der Waals surface area (Å²) in [6.45, 7) is 4.49. The lowest BCUT2D eigenvalue weighted by molar-refractivity contribution is -0.228. The molecule has 3 rings (SSSR count). The number of benzene rings is 2. The first kappa shape index (κ1) is 29.4. The van der Waals surface area contributed by atoms with Gasteiger partial charge in [-0.05, 0) is 44.7 Å². The predicted octanol–water partition coefficient (Wildman–Crippen LogP) is 5.47. The van der Waals surface area contributed by atoms with E-state index in [2.05, 4.69) is 0 Å². The number of cyclic esters (lactones) is 1. The van der Waals surface area contributed by atoms with Crippen molar-refractivity contribution in [3.63, 3.8) is 0 Å². The van der Waals surface area contributed by atoms with Crippen LogP contribution in [0.15, 0.2) is 60.7 Å². The SMILES string of the molecule is CC(C)(C)OC(=O)C[C@H](CC(OCc1ccccc1)C(F)(F)F)C(=O)C1C(=O)OC[C@H]1Cc1ccccc1. The van der Waals surface area contributed by atoms with Gasteiger partial charge in [-0.3, -0.25) is 14.4 Å². The number of esters is 2. The van der Waals surface area contributed by atoms with Crippen molar-refractivity contribution in [3.8, 4) is 0 Å². The van der Waals surface area contributed by atoms with Gasteiger partial charge in [0.05, 0.1) is 19.6 Å². The summed E-state index contributed by atoms with van der Waals surface area (Å²) >= 11 is 0.